The highest BCUT2D eigenvalue weighted by atomic mass is 16.3. The molecule has 0 spiro atoms. The predicted octanol–water partition coefficient (Wildman–Crippen LogP) is 2.08. The van der Waals surface area contributed by atoms with Gasteiger partial charge in [-0.3, -0.25) is 9.69 Å². The number of amides is 1. The van der Waals surface area contributed by atoms with Gasteiger partial charge in [0, 0.05) is 31.4 Å². The van der Waals surface area contributed by atoms with Gasteiger partial charge < -0.3 is 9.73 Å². The summed E-state index contributed by atoms with van der Waals surface area (Å²) in [7, 11) is 0. The van der Waals surface area contributed by atoms with Gasteiger partial charge in [0.25, 0.3) is 5.91 Å². The van der Waals surface area contributed by atoms with Crippen LogP contribution >= 0.6 is 0 Å². The largest absolute Gasteiger partial charge is 0.469 e. The number of hydrogen-bond donors (Lipinski definition) is 1. The maximum Gasteiger partial charge on any atom is 0.255 e. The molecule has 0 aliphatic carbocycles. The van der Waals surface area contributed by atoms with Crippen molar-refractivity contribution >= 4 is 5.91 Å². The minimum absolute atomic E-state index is 0.0406. The Bertz CT molecular complexity index is 675. The normalized spacial score (nSPS) is 16.4. The highest BCUT2D eigenvalue weighted by molar-refractivity contribution is 5.95. The third-order valence-electron chi connectivity index (χ3n) is 4.27. The second-order valence-electron chi connectivity index (χ2n) is 6.07. The van der Waals surface area contributed by atoms with Gasteiger partial charge in [-0.1, -0.05) is 0 Å². The molecule has 2 aromatic rings. The van der Waals surface area contributed by atoms with Gasteiger partial charge in [0.15, 0.2) is 0 Å². The average Bonchev–Trinajstić information content (AvgIpc) is 2.95. The summed E-state index contributed by atoms with van der Waals surface area (Å²) in [4.78, 5) is 23.0. The van der Waals surface area contributed by atoms with Crippen LogP contribution in [-0.2, 0) is 6.54 Å². The summed E-state index contributed by atoms with van der Waals surface area (Å²) in [5, 5.41) is 3.10. The zero-order chi connectivity index (χ0) is 16.2. The van der Waals surface area contributed by atoms with Crippen LogP contribution in [0.15, 0.2) is 29.1 Å². The van der Waals surface area contributed by atoms with Gasteiger partial charge in [0.2, 0.25) is 0 Å². The third kappa shape index (κ3) is 3.96. The lowest BCUT2D eigenvalue weighted by Gasteiger charge is -2.32. The Kier molecular flexibility index (Phi) is 4.71. The summed E-state index contributed by atoms with van der Waals surface area (Å²) in [6.07, 6.45) is 5.07. The van der Waals surface area contributed by atoms with Crippen molar-refractivity contribution in [1.29, 1.82) is 0 Å². The first-order chi connectivity index (χ1) is 11.1. The molecule has 0 unspecified atom stereocenters. The van der Waals surface area contributed by atoms with Gasteiger partial charge in [-0.05, 0) is 38.8 Å². The third-order valence-corrected chi connectivity index (χ3v) is 4.27. The van der Waals surface area contributed by atoms with Gasteiger partial charge in [-0.15, -0.1) is 0 Å². The van der Waals surface area contributed by atoms with Crippen LogP contribution in [0.3, 0.4) is 0 Å². The summed E-state index contributed by atoms with van der Waals surface area (Å²) in [5.41, 5.74) is 2.67. The number of carbonyl (C=O) groups excluding carboxylic acids is 1. The molecule has 0 bridgehead atoms. The fourth-order valence-electron chi connectivity index (χ4n) is 2.94. The number of piperidine rings is 1. The fourth-order valence-corrected chi connectivity index (χ4v) is 2.94. The summed E-state index contributed by atoms with van der Waals surface area (Å²) >= 11 is 0. The van der Waals surface area contributed by atoms with Crippen molar-refractivity contribution in [2.24, 2.45) is 0 Å². The fraction of sp³-hybridized carbons (Fsp3) is 0.471. The highest BCUT2D eigenvalue weighted by Gasteiger charge is 2.22. The van der Waals surface area contributed by atoms with Crippen LogP contribution in [0.25, 0.3) is 0 Å². The summed E-state index contributed by atoms with van der Waals surface area (Å²) < 4.78 is 5.19. The van der Waals surface area contributed by atoms with Crippen LogP contribution in [0.1, 0.15) is 40.3 Å². The maximum absolute atomic E-state index is 12.2. The lowest BCUT2D eigenvalue weighted by molar-refractivity contribution is 0.0907. The quantitative estimate of drug-likeness (QED) is 0.935. The number of hydrogen-bond acceptors (Lipinski definition) is 5. The first-order valence-corrected chi connectivity index (χ1v) is 7.96. The molecule has 6 nitrogen and oxygen atoms in total. The molecule has 1 amide bonds. The van der Waals surface area contributed by atoms with Crippen LogP contribution in [0.2, 0.25) is 0 Å². The van der Waals surface area contributed by atoms with Gasteiger partial charge in [-0.2, -0.15) is 0 Å². The van der Waals surface area contributed by atoms with Gasteiger partial charge >= 0.3 is 0 Å². The van der Waals surface area contributed by atoms with Crippen molar-refractivity contribution in [3.05, 3.63) is 47.4 Å². The Labute approximate surface area is 135 Å². The van der Waals surface area contributed by atoms with E-state index in [2.05, 4.69) is 20.2 Å². The molecule has 1 N–H and O–H groups in total. The summed E-state index contributed by atoms with van der Waals surface area (Å²) in [5.74, 6) is 0.625. The molecule has 6 heteroatoms. The number of nitrogens with zero attached hydrogens (tertiary/aromatic N) is 3. The van der Waals surface area contributed by atoms with E-state index in [9.17, 15) is 4.79 Å². The first kappa shape index (κ1) is 15.7. The number of carbonyl (C=O) groups is 1. The SMILES string of the molecule is Cc1cc(CN2CCC(NC(=O)c3ccoc3C)CC2)ncn1. The van der Waals surface area contributed by atoms with E-state index in [-0.39, 0.29) is 11.9 Å². The van der Waals surface area contributed by atoms with Crippen molar-refractivity contribution in [3.8, 4) is 0 Å². The molecule has 2 aromatic heterocycles. The van der Waals surface area contributed by atoms with Crippen molar-refractivity contribution < 1.29 is 9.21 Å². The molecule has 1 aliphatic rings. The Hall–Kier alpha value is -2.21. The van der Waals surface area contributed by atoms with Crippen molar-refractivity contribution in [3.63, 3.8) is 0 Å². The monoisotopic (exact) mass is 314 g/mol. The van der Waals surface area contributed by atoms with E-state index >= 15 is 0 Å². The molecule has 3 rings (SSSR count). The molecule has 23 heavy (non-hydrogen) atoms. The van der Waals surface area contributed by atoms with Crippen LogP contribution in [0.5, 0.6) is 0 Å². The average molecular weight is 314 g/mol. The minimum Gasteiger partial charge on any atom is -0.469 e. The first-order valence-electron chi connectivity index (χ1n) is 7.96. The molecule has 122 valence electrons. The van der Waals surface area contributed by atoms with Crippen molar-refractivity contribution in [1.82, 2.24) is 20.2 Å². The van der Waals surface area contributed by atoms with Gasteiger partial charge in [-0.25, -0.2) is 9.97 Å². The molecule has 3 heterocycles. The van der Waals surface area contributed by atoms with E-state index in [4.69, 9.17) is 4.42 Å². The highest BCUT2D eigenvalue weighted by Crippen LogP contribution is 2.15. The van der Waals surface area contributed by atoms with E-state index in [1.807, 2.05) is 13.0 Å². The molecular weight excluding hydrogens is 292 g/mol. The number of nitrogens with one attached hydrogen (secondary N) is 1. The molecule has 0 saturated carbocycles. The maximum atomic E-state index is 12.2. The van der Waals surface area contributed by atoms with Crippen molar-refractivity contribution in [2.45, 2.75) is 39.3 Å². The molecule has 0 radical (unpaired) electrons. The minimum atomic E-state index is -0.0406. The summed E-state index contributed by atoms with van der Waals surface area (Å²) in [6.45, 7) is 6.54. The molecule has 0 atom stereocenters. The molecule has 1 saturated heterocycles. The Morgan fingerprint density at radius 1 is 1.35 bits per heavy atom. The standard InChI is InChI=1S/C17H22N4O2/c1-12-9-15(19-11-18-12)10-21-6-3-14(4-7-21)20-17(22)16-5-8-23-13(16)2/h5,8-9,11,14H,3-4,6-7,10H2,1-2H3,(H,20,22). The number of aryl methyl sites for hydroxylation is 2. The smallest absolute Gasteiger partial charge is 0.255 e. The number of aromatic nitrogens is 2. The Morgan fingerprint density at radius 2 is 2.13 bits per heavy atom. The lowest BCUT2D eigenvalue weighted by atomic mass is 10.0. The Morgan fingerprint density at radius 3 is 2.78 bits per heavy atom. The van der Waals surface area contributed by atoms with Gasteiger partial charge in [0.05, 0.1) is 17.5 Å². The van der Waals surface area contributed by atoms with E-state index in [1.165, 1.54) is 0 Å². The van der Waals surface area contributed by atoms with Crippen LogP contribution in [-0.4, -0.2) is 39.9 Å². The predicted molar refractivity (Wildman–Crippen MR) is 86.0 cm³/mol. The van der Waals surface area contributed by atoms with Crippen LogP contribution < -0.4 is 5.32 Å². The zero-order valence-corrected chi connectivity index (χ0v) is 13.6. The Balaban J connectivity index is 1.49. The van der Waals surface area contributed by atoms with Crippen molar-refractivity contribution in [2.75, 3.05) is 13.1 Å². The number of likely N-dealkylation sites (tertiary alicyclic amines) is 1. The lowest BCUT2D eigenvalue weighted by Crippen LogP contribution is -2.44. The van der Waals surface area contributed by atoms with Gasteiger partial charge in [0.1, 0.15) is 12.1 Å². The molecule has 0 aromatic carbocycles. The molecule has 1 fully saturated rings. The zero-order valence-electron chi connectivity index (χ0n) is 13.6. The van der Waals surface area contributed by atoms with E-state index in [0.29, 0.717) is 11.3 Å². The van der Waals surface area contributed by atoms with Crippen LogP contribution in [0.4, 0.5) is 0 Å². The second-order valence-corrected chi connectivity index (χ2v) is 6.07. The summed E-state index contributed by atoms with van der Waals surface area (Å²) in [6, 6.07) is 3.97. The van der Waals surface area contributed by atoms with E-state index < -0.39 is 0 Å². The topological polar surface area (TPSA) is 71.3 Å². The second kappa shape index (κ2) is 6.91. The molecule has 1 aliphatic heterocycles. The molecular formula is C17H22N4O2. The van der Waals surface area contributed by atoms with Crippen LogP contribution in [0, 0.1) is 13.8 Å². The van der Waals surface area contributed by atoms with E-state index in [1.54, 1.807) is 25.6 Å². The number of rotatable bonds is 4. The number of furan rings is 1. The van der Waals surface area contributed by atoms with E-state index in [0.717, 1.165) is 43.9 Å².